The van der Waals surface area contributed by atoms with E-state index >= 15 is 0 Å². The molecule has 4 aromatic rings. The molecule has 0 fully saturated rings. The molecule has 0 aliphatic rings. The molecular weight excluding hydrogens is 354 g/mol. The number of benzene rings is 1. The molecule has 26 heavy (non-hydrogen) atoms. The van der Waals surface area contributed by atoms with E-state index in [1.54, 1.807) is 40.1 Å². The van der Waals surface area contributed by atoms with Crippen molar-refractivity contribution in [1.29, 1.82) is 0 Å². The predicted molar refractivity (Wildman–Crippen MR) is 97.7 cm³/mol. The zero-order chi connectivity index (χ0) is 18.3. The van der Waals surface area contributed by atoms with Crippen LogP contribution >= 0.6 is 11.3 Å². The maximum absolute atomic E-state index is 10.9. The smallest absolute Gasteiger partial charge is 0.270 e. The Morgan fingerprint density at radius 1 is 1.19 bits per heavy atom. The number of thiazole rings is 1. The molecule has 0 atom stereocenters. The number of nitro groups is 1. The zero-order valence-corrected chi connectivity index (χ0v) is 14.7. The van der Waals surface area contributed by atoms with Gasteiger partial charge in [-0.2, -0.15) is 4.98 Å². The molecule has 130 valence electrons. The van der Waals surface area contributed by atoms with Crippen molar-refractivity contribution < 1.29 is 4.92 Å². The highest BCUT2D eigenvalue weighted by Crippen LogP contribution is 2.24. The second-order valence-electron chi connectivity index (χ2n) is 5.61. The molecule has 9 nitrogen and oxygen atoms in total. The molecule has 0 aliphatic carbocycles. The first-order chi connectivity index (χ1) is 12.5. The lowest BCUT2D eigenvalue weighted by atomic mass is 10.1. The maximum Gasteiger partial charge on any atom is 0.270 e. The summed E-state index contributed by atoms with van der Waals surface area (Å²) in [5.41, 5.74) is 2.24. The molecule has 3 heterocycles. The molecule has 0 radical (unpaired) electrons. The second-order valence-corrected chi connectivity index (χ2v) is 6.79. The van der Waals surface area contributed by atoms with Gasteiger partial charge < -0.3 is 5.32 Å². The van der Waals surface area contributed by atoms with Crippen LogP contribution in [0.1, 0.15) is 10.6 Å². The number of nitro benzene ring substituents is 1. The van der Waals surface area contributed by atoms with Crippen LogP contribution in [0.4, 0.5) is 17.5 Å². The van der Waals surface area contributed by atoms with Crippen molar-refractivity contribution >= 4 is 33.8 Å². The summed E-state index contributed by atoms with van der Waals surface area (Å²) >= 11 is 1.57. The first-order valence-electron chi connectivity index (χ1n) is 7.69. The zero-order valence-electron chi connectivity index (χ0n) is 13.9. The van der Waals surface area contributed by atoms with Crippen molar-refractivity contribution in [3.8, 4) is 11.3 Å². The van der Waals surface area contributed by atoms with Crippen molar-refractivity contribution in [2.75, 3.05) is 5.32 Å². The van der Waals surface area contributed by atoms with Gasteiger partial charge in [0.25, 0.3) is 5.69 Å². The van der Waals surface area contributed by atoms with E-state index in [4.69, 9.17) is 0 Å². The normalized spacial score (nSPS) is 11.0. The largest absolute Gasteiger partial charge is 0.306 e. The number of rotatable bonds is 4. The summed E-state index contributed by atoms with van der Waals surface area (Å²) in [4.78, 5) is 16.8. The Labute approximate surface area is 151 Å². The maximum atomic E-state index is 10.9. The van der Waals surface area contributed by atoms with E-state index in [2.05, 4.69) is 25.6 Å². The van der Waals surface area contributed by atoms with Gasteiger partial charge in [-0.15, -0.1) is 15.3 Å². The molecule has 0 aliphatic heterocycles. The Morgan fingerprint density at radius 2 is 2.04 bits per heavy atom. The number of aryl methyl sites for hydroxylation is 2. The van der Waals surface area contributed by atoms with Gasteiger partial charge in [0.05, 0.1) is 16.3 Å². The molecule has 3 aromatic heterocycles. The summed E-state index contributed by atoms with van der Waals surface area (Å²) in [5.74, 6) is 0.934. The Kier molecular flexibility index (Phi) is 3.81. The summed E-state index contributed by atoms with van der Waals surface area (Å²) in [6, 6.07) is 9.74. The minimum atomic E-state index is -0.438. The van der Waals surface area contributed by atoms with Crippen LogP contribution in [0.25, 0.3) is 16.2 Å². The third kappa shape index (κ3) is 2.86. The Bertz CT molecular complexity index is 1120. The fraction of sp³-hybridized carbons (Fsp3) is 0.125. The molecular formula is C16H13N7O2S. The topological polar surface area (TPSA) is 111 Å². The molecule has 1 aromatic carbocycles. The van der Waals surface area contributed by atoms with E-state index in [-0.39, 0.29) is 5.69 Å². The average molecular weight is 367 g/mol. The van der Waals surface area contributed by atoms with E-state index in [0.29, 0.717) is 23.0 Å². The third-order valence-electron chi connectivity index (χ3n) is 3.91. The van der Waals surface area contributed by atoms with Gasteiger partial charge in [0.15, 0.2) is 5.82 Å². The molecule has 0 bridgehead atoms. The second kappa shape index (κ2) is 6.15. The highest BCUT2D eigenvalue weighted by atomic mass is 32.1. The van der Waals surface area contributed by atoms with Crippen LogP contribution in [0.2, 0.25) is 0 Å². The van der Waals surface area contributed by atoms with Crippen LogP contribution in [0.3, 0.4) is 0 Å². The molecule has 0 unspecified atom stereocenters. The molecule has 10 heteroatoms. The Morgan fingerprint density at radius 3 is 2.73 bits per heavy atom. The first kappa shape index (κ1) is 16.1. The van der Waals surface area contributed by atoms with Crippen LogP contribution in [0.15, 0.2) is 36.4 Å². The van der Waals surface area contributed by atoms with Crippen molar-refractivity contribution in [3.05, 3.63) is 57.1 Å². The third-order valence-corrected chi connectivity index (χ3v) is 4.95. The van der Waals surface area contributed by atoms with Crippen molar-refractivity contribution in [3.63, 3.8) is 0 Å². The summed E-state index contributed by atoms with van der Waals surface area (Å²) in [6.07, 6.45) is 0. The van der Waals surface area contributed by atoms with Crippen LogP contribution in [-0.4, -0.2) is 29.7 Å². The van der Waals surface area contributed by atoms with Gasteiger partial charge in [-0.05, 0) is 26.0 Å². The van der Waals surface area contributed by atoms with Crippen molar-refractivity contribution in [2.45, 2.75) is 13.8 Å². The SMILES string of the molecule is Cc1sc2nc(Nc3ccc(-c4cccc([N+](=O)[O-])c4)nn3)nn2c1C. The lowest BCUT2D eigenvalue weighted by Crippen LogP contribution is -1.99. The number of nitrogens with zero attached hydrogens (tertiary/aromatic N) is 6. The Hall–Kier alpha value is -3.40. The summed E-state index contributed by atoms with van der Waals surface area (Å²) in [6.45, 7) is 4.02. The number of aromatic nitrogens is 5. The molecule has 1 N–H and O–H groups in total. The molecule has 4 rings (SSSR count). The molecule has 0 saturated carbocycles. The fourth-order valence-corrected chi connectivity index (χ4v) is 3.35. The highest BCUT2D eigenvalue weighted by Gasteiger charge is 2.12. The van der Waals surface area contributed by atoms with Crippen LogP contribution < -0.4 is 5.32 Å². The molecule has 0 spiro atoms. The number of anilines is 2. The van der Waals surface area contributed by atoms with Crippen LogP contribution in [0.5, 0.6) is 0 Å². The van der Waals surface area contributed by atoms with E-state index in [1.165, 1.54) is 17.0 Å². The number of nitrogens with one attached hydrogen (secondary N) is 1. The standard InChI is InChI=1S/C16H13N7O2S/c1-9-10(2)26-16-18-15(21-22(9)16)17-14-7-6-13(19-20-14)11-4-3-5-12(8-11)23(24)25/h3-8H,1-2H3,(H,17,20,21). The van der Waals surface area contributed by atoms with Crippen LogP contribution in [0, 0.1) is 24.0 Å². The summed E-state index contributed by atoms with van der Waals surface area (Å²) in [5, 5.41) is 26.5. The van der Waals surface area contributed by atoms with Gasteiger partial charge in [-0.3, -0.25) is 10.1 Å². The minimum Gasteiger partial charge on any atom is -0.306 e. The van der Waals surface area contributed by atoms with Gasteiger partial charge in [-0.25, -0.2) is 4.52 Å². The van der Waals surface area contributed by atoms with Gasteiger partial charge in [0.1, 0.15) is 0 Å². The number of non-ortho nitro benzene ring substituents is 1. The average Bonchev–Trinajstić information content (AvgIpc) is 3.14. The van der Waals surface area contributed by atoms with E-state index in [0.717, 1.165) is 10.7 Å². The lowest BCUT2D eigenvalue weighted by Gasteiger charge is -2.03. The van der Waals surface area contributed by atoms with Crippen LogP contribution in [-0.2, 0) is 0 Å². The van der Waals surface area contributed by atoms with E-state index < -0.39 is 4.92 Å². The summed E-state index contributed by atoms with van der Waals surface area (Å²) in [7, 11) is 0. The number of fused-ring (bicyclic) bond motifs is 1. The van der Waals surface area contributed by atoms with E-state index in [9.17, 15) is 10.1 Å². The lowest BCUT2D eigenvalue weighted by molar-refractivity contribution is -0.384. The molecule has 0 amide bonds. The highest BCUT2D eigenvalue weighted by molar-refractivity contribution is 7.17. The number of hydrogen-bond acceptors (Lipinski definition) is 8. The van der Waals surface area contributed by atoms with Crippen molar-refractivity contribution in [1.82, 2.24) is 24.8 Å². The van der Waals surface area contributed by atoms with E-state index in [1.807, 2.05) is 13.8 Å². The monoisotopic (exact) mass is 367 g/mol. The van der Waals surface area contributed by atoms with Gasteiger partial charge in [0.2, 0.25) is 10.9 Å². The quantitative estimate of drug-likeness (QED) is 0.434. The van der Waals surface area contributed by atoms with Gasteiger partial charge in [-0.1, -0.05) is 23.5 Å². The number of hydrogen-bond donors (Lipinski definition) is 1. The molecule has 0 saturated heterocycles. The van der Waals surface area contributed by atoms with Gasteiger partial charge in [0, 0.05) is 22.6 Å². The van der Waals surface area contributed by atoms with Gasteiger partial charge >= 0.3 is 0 Å². The predicted octanol–water partition coefficient (Wildman–Crippen LogP) is 3.52. The Balaban J connectivity index is 1.57. The first-order valence-corrected chi connectivity index (χ1v) is 8.51. The minimum absolute atomic E-state index is 0.0134. The fourth-order valence-electron chi connectivity index (χ4n) is 2.44. The summed E-state index contributed by atoms with van der Waals surface area (Å²) < 4.78 is 1.78. The van der Waals surface area contributed by atoms with Crippen molar-refractivity contribution in [2.24, 2.45) is 0 Å².